The second-order valence-electron chi connectivity index (χ2n) is 4.69. The van der Waals surface area contributed by atoms with Crippen molar-refractivity contribution in [2.45, 2.75) is 31.2 Å². The minimum atomic E-state index is -3.69. The van der Waals surface area contributed by atoms with Crippen LogP contribution in [0.4, 0.5) is 5.69 Å². The normalized spacial score (nSPS) is 12.1. The molecule has 3 N–H and O–H groups in total. The van der Waals surface area contributed by atoms with Gasteiger partial charge < -0.3 is 15.6 Å². The van der Waals surface area contributed by atoms with Crippen LogP contribution >= 0.6 is 0 Å². The van der Waals surface area contributed by atoms with E-state index in [0.29, 0.717) is 12.2 Å². The summed E-state index contributed by atoms with van der Waals surface area (Å²) in [7, 11) is -2.20. The third-order valence-electron chi connectivity index (χ3n) is 2.92. The van der Waals surface area contributed by atoms with Crippen LogP contribution in [0.5, 0.6) is 5.75 Å². The lowest BCUT2D eigenvalue weighted by molar-refractivity contribution is 0.258. The molecule has 0 fully saturated rings. The van der Waals surface area contributed by atoms with Crippen LogP contribution in [0, 0.1) is 0 Å². The first kappa shape index (κ1) is 16.7. The molecule has 1 aromatic carbocycles. The number of benzene rings is 1. The van der Waals surface area contributed by atoms with Crippen molar-refractivity contribution < 1.29 is 18.3 Å². The highest BCUT2D eigenvalue weighted by Gasteiger charge is 2.28. The standard InChI is InChI=1S/C13H22N2O4S/c1-10(2)15(7-4-8-16)20(17,18)13-6-5-11(19-3)9-12(13)14/h5-6,9-10,16H,4,7-8,14H2,1-3H3. The molecule has 1 aromatic rings. The Bertz CT molecular complexity index is 543. The number of hydrogen-bond acceptors (Lipinski definition) is 5. The number of anilines is 1. The average Bonchev–Trinajstić information content (AvgIpc) is 2.37. The van der Waals surface area contributed by atoms with Crippen molar-refractivity contribution in [3.05, 3.63) is 18.2 Å². The van der Waals surface area contributed by atoms with Crippen LogP contribution in [-0.4, -0.2) is 44.1 Å². The predicted octanol–water partition coefficient (Wildman–Crippen LogP) is 1.06. The van der Waals surface area contributed by atoms with Crippen molar-refractivity contribution in [1.82, 2.24) is 4.31 Å². The molecule has 0 bridgehead atoms. The molecular formula is C13H22N2O4S. The Morgan fingerprint density at radius 2 is 2.05 bits per heavy atom. The summed E-state index contributed by atoms with van der Waals surface area (Å²) in [6, 6.07) is 4.27. The summed E-state index contributed by atoms with van der Waals surface area (Å²) in [5, 5.41) is 8.89. The van der Waals surface area contributed by atoms with E-state index < -0.39 is 10.0 Å². The summed E-state index contributed by atoms with van der Waals surface area (Å²) in [6.45, 7) is 3.77. The average molecular weight is 302 g/mol. The highest BCUT2D eigenvalue weighted by molar-refractivity contribution is 7.89. The van der Waals surface area contributed by atoms with E-state index in [0.717, 1.165) is 0 Å². The van der Waals surface area contributed by atoms with Crippen LogP contribution in [0.3, 0.4) is 0 Å². The summed E-state index contributed by atoms with van der Waals surface area (Å²) in [5.41, 5.74) is 5.97. The summed E-state index contributed by atoms with van der Waals surface area (Å²) >= 11 is 0. The first-order valence-corrected chi connectivity index (χ1v) is 7.84. The zero-order chi connectivity index (χ0) is 15.3. The highest BCUT2D eigenvalue weighted by Crippen LogP contribution is 2.27. The van der Waals surface area contributed by atoms with E-state index in [1.165, 1.54) is 23.5 Å². The minimum Gasteiger partial charge on any atom is -0.497 e. The molecule has 6 nitrogen and oxygen atoms in total. The van der Waals surface area contributed by atoms with Gasteiger partial charge in [-0.15, -0.1) is 0 Å². The molecular weight excluding hydrogens is 280 g/mol. The molecule has 0 saturated carbocycles. The number of methoxy groups -OCH3 is 1. The van der Waals surface area contributed by atoms with Gasteiger partial charge in [0.2, 0.25) is 10.0 Å². The van der Waals surface area contributed by atoms with Gasteiger partial charge in [0.15, 0.2) is 0 Å². The zero-order valence-electron chi connectivity index (χ0n) is 12.0. The van der Waals surface area contributed by atoms with E-state index in [1.807, 2.05) is 0 Å². The van der Waals surface area contributed by atoms with Gasteiger partial charge in [-0.3, -0.25) is 0 Å². The summed E-state index contributed by atoms with van der Waals surface area (Å²) < 4.78 is 31.6. The number of aliphatic hydroxyl groups excluding tert-OH is 1. The Balaban J connectivity index is 3.19. The molecule has 0 heterocycles. The van der Waals surface area contributed by atoms with Crippen LogP contribution in [0.15, 0.2) is 23.1 Å². The number of nitrogen functional groups attached to an aromatic ring is 1. The molecule has 20 heavy (non-hydrogen) atoms. The molecule has 0 aliphatic heterocycles. The topological polar surface area (TPSA) is 92.9 Å². The second-order valence-corrected chi connectivity index (χ2v) is 6.55. The molecule has 114 valence electrons. The summed E-state index contributed by atoms with van der Waals surface area (Å²) in [6.07, 6.45) is 0.382. The van der Waals surface area contributed by atoms with E-state index in [2.05, 4.69) is 0 Å². The van der Waals surface area contributed by atoms with Crippen LogP contribution < -0.4 is 10.5 Å². The van der Waals surface area contributed by atoms with E-state index in [-0.39, 0.29) is 29.8 Å². The molecule has 0 aliphatic carbocycles. The number of rotatable bonds is 7. The lowest BCUT2D eigenvalue weighted by Crippen LogP contribution is -2.38. The number of hydrogen-bond donors (Lipinski definition) is 2. The molecule has 0 atom stereocenters. The number of ether oxygens (including phenoxy) is 1. The fourth-order valence-electron chi connectivity index (χ4n) is 1.90. The Kier molecular flexibility index (Phi) is 5.79. The van der Waals surface area contributed by atoms with Gasteiger partial charge in [0.1, 0.15) is 10.6 Å². The van der Waals surface area contributed by atoms with Gasteiger partial charge in [-0.2, -0.15) is 4.31 Å². The maximum Gasteiger partial charge on any atom is 0.245 e. The lowest BCUT2D eigenvalue weighted by Gasteiger charge is -2.26. The van der Waals surface area contributed by atoms with E-state index in [9.17, 15) is 8.42 Å². The van der Waals surface area contributed by atoms with Crippen molar-refractivity contribution >= 4 is 15.7 Å². The molecule has 1 rings (SSSR count). The molecule has 0 saturated heterocycles. The van der Waals surface area contributed by atoms with Gasteiger partial charge >= 0.3 is 0 Å². The smallest absolute Gasteiger partial charge is 0.245 e. The van der Waals surface area contributed by atoms with Crippen LogP contribution in [0.25, 0.3) is 0 Å². The Morgan fingerprint density at radius 3 is 2.50 bits per heavy atom. The van der Waals surface area contributed by atoms with Gasteiger partial charge in [-0.1, -0.05) is 0 Å². The highest BCUT2D eigenvalue weighted by atomic mass is 32.2. The molecule has 0 aliphatic rings. The van der Waals surface area contributed by atoms with Gasteiger partial charge in [-0.05, 0) is 32.4 Å². The second kappa shape index (κ2) is 6.92. The number of nitrogens with two attached hydrogens (primary N) is 1. The third-order valence-corrected chi connectivity index (χ3v) is 5.07. The van der Waals surface area contributed by atoms with E-state index in [4.69, 9.17) is 15.6 Å². The fraction of sp³-hybridized carbons (Fsp3) is 0.538. The quantitative estimate of drug-likeness (QED) is 0.735. The van der Waals surface area contributed by atoms with Crippen molar-refractivity contribution in [3.8, 4) is 5.75 Å². The first-order valence-electron chi connectivity index (χ1n) is 6.40. The molecule has 0 unspecified atom stereocenters. The van der Waals surface area contributed by atoms with Crippen LogP contribution in [0.1, 0.15) is 20.3 Å². The molecule has 0 aromatic heterocycles. The Labute approximate surface area is 120 Å². The van der Waals surface area contributed by atoms with Crippen molar-refractivity contribution in [3.63, 3.8) is 0 Å². The third kappa shape index (κ3) is 3.62. The fourth-order valence-corrected chi connectivity index (χ4v) is 3.67. The van der Waals surface area contributed by atoms with Gasteiger partial charge in [0, 0.05) is 25.3 Å². The zero-order valence-corrected chi connectivity index (χ0v) is 12.9. The Hall–Kier alpha value is -1.31. The summed E-state index contributed by atoms with van der Waals surface area (Å²) in [5.74, 6) is 0.507. The lowest BCUT2D eigenvalue weighted by atomic mass is 10.3. The number of nitrogens with zero attached hydrogens (tertiary/aromatic N) is 1. The van der Waals surface area contributed by atoms with Gasteiger partial charge in [0.25, 0.3) is 0 Å². The first-order chi connectivity index (χ1) is 9.34. The SMILES string of the molecule is COc1ccc(S(=O)(=O)N(CCCO)C(C)C)c(N)c1. The molecule has 0 radical (unpaired) electrons. The summed E-state index contributed by atoms with van der Waals surface area (Å²) in [4.78, 5) is 0.0601. The van der Waals surface area contributed by atoms with E-state index >= 15 is 0 Å². The van der Waals surface area contributed by atoms with E-state index in [1.54, 1.807) is 19.9 Å². The van der Waals surface area contributed by atoms with Crippen molar-refractivity contribution in [2.24, 2.45) is 0 Å². The predicted molar refractivity (Wildman–Crippen MR) is 78.1 cm³/mol. The largest absolute Gasteiger partial charge is 0.497 e. The van der Waals surface area contributed by atoms with Crippen molar-refractivity contribution in [2.75, 3.05) is 26.0 Å². The number of sulfonamides is 1. The maximum absolute atomic E-state index is 12.6. The van der Waals surface area contributed by atoms with Crippen molar-refractivity contribution in [1.29, 1.82) is 0 Å². The Morgan fingerprint density at radius 1 is 1.40 bits per heavy atom. The molecule has 0 amide bonds. The maximum atomic E-state index is 12.6. The van der Waals surface area contributed by atoms with Gasteiger partial charge in [0.05, 0.1) is 12.8 Å². The van der Waals surface area contributed by atoms with Gasteiger partial charge in [-0.25, -0.2) is 8.42 Å². The van der Waals surface area contributed by atoms with Crippen LogP contribution in [-0.2, 0) is 10.0 Å². The molecule has 7 heteroatoms. The number of aliphatic hydroxyl groups is 1. The monoisotopic (exact) mass is 302 g/mol. The molecule has 0 spiro atoms. The minimum absolute atomic E-state index is 0.0587. The van der Waals surface area contributed by atoms with Crippen LogP contribution in [0.2, 0.25) is 0 Å².